The van der Waals surface area contributed by atoms with Gasteiger partial charge in [0.1, 0.15) is 6.33 Å². The van der Waals surface area contributed by atoms with Crippen molar-refractivity contribution in [3.05, 3.63) is 45.6 Å². The van der Waals surface area contributed by atoms with Crippen molar-refractivity contribution in [2.24, 2.45) is 17.8 Å². The van der Waals surface area contributed by atoms with Gasteiger partial charge in [0.2, 0.25) is 11.8 Å². The highest BCUT2D eigenvalue weighted by molar-refractivity contribution is 7.19. The number of rotatable bonds is 5. The molecular weight excluding hydrogens is 472 g/mol. The summed E-state index contributed by atoms with van der Waals surface area (Å²) in [4.78, 5) is 36.4. The van der Waals surface area contributed by atoms with E-state index in [4.69, 9.17) is 16.3 Å². The van der Waals surface area contributed by atoms with E-state index in [-0.39, 0.29) is 23.7 Å². The van der Waals surface area contributed by atoms with Gasteiger partial charge in [-0.05, 0) is 55.0 Å². The lowest BCUT2D eigenvalue weighted by Crippen LogP contribution is -2.31. The van der Waals surface area contributed by atoms with Crippen LogP contribution < -0.4 is 5.32 Å². The van der Waals surface area contributed by atoms with Crippen LogP contribution in [0.3, 0.4) is 0 Å². The van der Waals surface area contributed by atoms with Crippen LogP contribution in [0.15, 0.2) is 24.5 Å². The highest BCUT2D eigenvalue weighted by Gasteiger charge is 2.58. The summed E-state index contributed by atoms with van der Waals surface area (Å²) < 4.78 is 6.73. The zero-order valence-electron chi connectivity index (χ0n) is 18.8. The fourth-order valence-corrected chi connectivity index (χ4v) is 6.54. The summed E-state index contributed by atoms with van der Waals surface area (Å²) in [6.07, 6.45) is 3.15. The van der Waals surface area contributed by atoms with Crippen molar-refractivity contribution in [1.29, 1.82) is 0 Å². The zero-order chi connectivity index (χ0) is 23.4. The molecule has 0 radical (unpaired) electrons. The standard InChI is InChI=1S/C25H25ClN4O3S/c1-13-4-15(26)6-18(17(13)5-14-9-27-2-3-33-11-14)22-23-21(28-12-29-22)7-16(34-23)10-30-24(31)19-8-20(19)25(30)32/h4,6-7,12,14,19-20,27H,2-3,5,8-11H2,1H3. The Morgan fingerprint density at radius 2 is 2.03 bits per heavy atom. The summed E-state index contributed by atoms with van der Waals surface area (Å²) in [5, 5.41) is 4.12. The van der Waals surface area contributed by atoms with Crippen molar-refractivity contribution >= 4 is 45.0 Å². The summed E-state index contributed by atoms with van der Waals surface area (Å²) in [7, 11) is 0. The van der Waals surface area contributed by atoms with Gasteiger partial charge in [0.25, 0.3) is 0 Å². The first-order valence-corrected chi connectivity index (χ1v) is 12.9. The van der Waals surface area contributed by atoms with Crippen LogP contribution >= 0.6 is 22.9 Å². The molecule has 0 bridgehead atoms. The number of imide groups is 1. The number of fused-ring (bicyclic) bond motifs is 2. The Balaban J connectivity index is 1.37. The third kappa shape index (κ3) is 3.92. The molecule has 176 valence electrons. The van der Waals surface area contributed by atoms with Gasteiger partial charge in [0.05, 0.1) is 47.5 Å². The molecule has 2 aromatic heterocycles. The molecule has 2 aliphatic heterocycles. The summed E-state index contributed by atoms with van der Waals surface area (Å²) in [6, 6.07) is 5.95. The number of hydrogen-bond acceptors (Lipinski definition) is 7. The van der Waals surface area contributed by atoms with Gasteiger partial charge in [-0.1, -0.05) is 11.6 Å². The number of nitrogens with zero attached hydrogens (tertiary/aromatic N) is 3. The number of likely N-dealkylation sites (tertiary alicyclic amines) is 1. The lowest BCUT2D eigenvalue weighted by atomic mass is 9.91. The summed E-state index contributed by atoms with van der Waals surface area (Å²) >= 11 is 8.05. The second-order valence-electron chi connectivity index (χ2n) is 9.46. The number of amides is 2. The SMILES string of the molecule is Cc1cc(Cl)cc(-c2ncnc3cc(CN4C(=O)C5CC5C4=O)sc23)c1CC1CNCCOC1. The van der Waals surface area contributed by atoms with Gasteiger partial charge in [0.15, 0.2) is 0 Å². The van der Waals surface area contributed by atoms with Gasteiger partial charge in [-0.25, -0.2) is 9.97 Å². The number of nitrogens with one attached hydrogen (secondary N) is 1. The van der Waals surface area contributed by atoms with Crippen LogP contribution in [-0.2, 0) is 27.3 Å². The Morgan fingerprint density at radius 1 is 1.21 bits per heavy atom. The van der Waals surface area contributed by atoms with E-state index < -0.39 is 0 Å². The summed E-state index contributed by atoms with van der Waals surface area (Å²) in [6.45, 7) is 5.62. The lowest BCUT2D eigenvalue weighted by molar-refractivity contribution is -0.141. The van der Waals surface area contributed by atoms with Crippen molar-refractivity contribution in [2.45, 2.75) is 26.3 Å². The van der Waals surface area contributed by atoms with Gasteiger partial charge in [0, 0.05) is 28.6 Å². The normalized spacial score (nSPS) is 24.5. The minimum atomic E-state index is -0.0864. The van der Waals surface area contributed by atoms with E-state index in [2.05, 4.69) is 22.2 Å². The molecule has 4 heterocycles. The van der Waals surface area contributed by atoms with Crippen LogP contribution in [0, 0.1) is 24.7 Å². The molecule has 0 spiro atoms. The molecule has 3 aliphatic rings. The van der Waals surface area contributed by atoms with E-state index in [1.165, 1.54) is 10.5 Å². The number of thiophene rings is 1. The van der Waals surface area contributed by atoms with Crippen molar-refractivity contribution in [3.8, 4) is 11.3 Å². The monoisotopic (exact) mass is 496 g/mol. The van der Waals surface area contributed by atoms with Gasteiger partial charge in [-0.15, -0.1) is 11.3 Å². The van der Waals surface area contributed by atoms with E-state index in [0.29, 0.717) is 23.9 Å². The molecule has 6 rings (SSSR count). The molecule has 34 heavy (non-hydrogen) atoms. The minimum Gasteiger partial charge on any atom is -0.380 e. The molecule has 1 aliphatic carbocycles. The molecule has 3 aromatic rings. The quantitative estimate of drug-likeness (QED) is 0.543. The van der Waals surface area contributed by atoms with Crippen molar-refractivity contribution in [1.82, 2.24) is 20.2 Å². The van der Waals surface area contributed by atoms with Crippen molar-refractivity contribution in [3.63, 3.8) is 0 Å². The first-order valence-electron chi connectivity index (χ1n) is 11.7. The molecule has 1 saturated carbocycles. The Kier molecular flexibility index (Phi) is 5.64. The summed E-state index contributed by atoms with van der Waals surface area (Å²) in [5.41, 5.74) is 5.00. The van der Waals surface area contributed by atoms with Crippen LogP contribution in [0.1, 0.15) is 22.4 Å². The van der Waals surface area contributed by atoms with E-state index in [1.54, 1.807) is 17.7 Å². The predicted octanol–water partition coefficient (Wildman–Crippen LogP) is 3.60. The largest absolute Gasteiger partial charge is 0.380 e. The third-order valence-electron chi connectivity index (χ3n) is 7.03. The molecule has 7 nitrogen and oxygen atoms in total. The second kappa shape index (κ2) is 8.68. The van der Waals surface area contributed by atoms with E-state index in [9.17, 15) is 9.59 Å². The van der Waals surface area contributed by atoms with Gasteiger partial charge in [-0.3, -0.25) is 14.5 Å². The molecule has 1 aromatic carbocycles. The van der Waals surface area contributed by atoms with E-state index in [1.807, 2.05) is 18.2 Å². The number of aromatic nitrogens is 2. The van der Waals surface area contributed by atoms with Crippen molar-refractivity contribution < 1.29 is 14.3 Å². The maximum Gasteiger partial charge on any atom is 0.233 e. The maximum absolute atomic E-state index is 12.5. The number of piperidine rings is 1. The van der Waals surface area contributed by atoms with E-state index in [0.717, 1.165) is 64.6 Å². The number of hydrogen-bond donors (Lipinski definition) is 1. The first-order chi connectivity index (χ1) is 16.5. The fraction of sp³-hybridized carbons (Fsp3) is 0.440. The highest BCUT2D eigenvalue weighted by atomic mass is 35.5. The van der Waals surface area contributed by atoms with Gasteiger partial charge < -0.3 is 10.1 Å². The number of halogens is 1. The number of carbonyl (C=O) groups excluding carboxylic acids is 2. The lowest BCUT2D eigenvalue weighted by Gasteiger charge is -2.19. The topological polar surface area (TPSA) is 84.4 Å². The Hall–Kier alpha value is -2.39. The minimum absolute atomic E-state index is 0.0363. The average Bonchev–Trinajstić information content (AvgIpc) is 3.52. The number of ether oxygens (including phenoxy) is 1. The Bertz CT molecular complexity index is 1280. The fourth-order valence-electron chi connectivity index (χ4n) is 5.17. The molecule has 2 saturated heterocycles. The predicted molar refractivity (Wildman–Crippen MR) is 131 cm³/mol. The van der Waals surface area contributed by atoms with E-state index >= 15 is 0 Å². The van der Waals surface area contributed by atoms with Gasteiger partial charge >= 0.3 is 0 Å². The van der Waals surface area contributed by atoms with Crippen LogP contribution in [0.4, 0.5) is 0 Å². The van der Waals surface area contributed by atoms with Crippen LogP contribution in [0.2, 0.25) is 5.02 Å². The third-order valence-corrected chi connectivity index (χ3v) is 8.36. The Morgan fingerprint density at radius 3 is 2.85 bits per heavy atom. The molecule has 3 fully saturated rings. The van der Waals surface area contributed by atoms with Crippen molar-refractivity contribution in [2.75, 3.05) is 26.3 Å². The molecule has 2 amide bonds. The average molecular weight is 497 g/mol. The number of carbonyl (C=O) groups is 2. The first kappa shape index (κ1) is 22.1. The highest BCUT2D eigenvalue weighted by Crippen LogP contribution is 2.48. The van der Waals surface area contributed by atoms with Crippen LogP contribution in [-0.4, -0.2) is 53.0 Å². The number of aryl methyl sites for hydroxylation is 1. The van der Waals surface area contributed by atoms with Crippen LogP contribution in [0.5, 0.6) is 0 Å². The van der Waals surface area contributed by atoms with Crippen LogP contribution in [0.25, 0.3) is 21.5 Å². The number of benzene rings is 1. The summed E-state index contributed by atoms with van der Waals surface area (Å²) in [5.74, 6) is 0.112. The second-order valence-corrected chi connectivity index (χ2v) is 11.0. The zero-order valence-corrected chi connectivity index (χ0v) is 20.4. The molecule has 3 unspecified atom stereocenters. The molecule has 3 atom stereocenters. The Labute approximate surface area is 206 Å². The molecular formula is C25H25ClN4O3S. The smallest absolute Gasteiger partial charge is 0.233 e. The maximum atomic E-state index is 12.5. The molecule has 9 heteroatoms. The molecule has 1 N–H and O–H groups in total. The van der Waals surface area contributed by atoms with Gasteiger partial charge in [-0.2, -0.15) is 0 Å².